The zero-order valence-corrected chi connectivity index (χ0v) is 19.9. The smallest absolute Gasteiger partial charge is 0.253 e. The molecule has 2 aromatic carbocycles. The summed E-state index contributed by atoms with van der Waals surface area (Å²) in [5, 5.41) is 5.75. The molecular formula is C24H31N3O5S. The van der Waals surface area contributed by atoms with Crippen LogP contribution in [0, 0.1) is 0 Å². The molecule has 1 aliphatic carbocycles. The summed E-state index contributed by atoms with van der Waals surface area (Å²) in [6, 6.07) is 13.5. The molecule has 2 N–H and O–H groups in total. The van der Waals surface area contributed by atoms with Gasteiger partial charge in [0.05, 0.1) is 29.8 Å². The van der Waals surface area contributed by atoms with Crippen molar-refractivity contribution in [2.45, 2.75) is 45.1 Å². The summed E-state index contributed by atoms with van der Waals surface area (Å²) in [7, 11) is -3.78. The van der Waals surface area contributed by atoms with E-state index in [-0.39, 0.29) is 17.6 Å². The molecule has 2 aromatic rings. The highest BCUT2D eigenvalue weighted by molar-refractivity contribution is 7.92. The summed E-state index contributed by atoms with van der Waals surface area (Å²) in [5.74, 6) is -0.449. The number of hydrogen-bond donors (Lipinski definition) is 2. The van der Waals surface area contributed by atoms with Crippen molar-refractivity contribution < 1.29 is 22.7 Å². The van der Waals surface area contributed by atoms with Crippen LogP contribution in [0.4, 0.5) is 11.4 Å². The SMILES string of the molecule is CCOc1ccccc1N(CC(=O)Nc1ccccc1C(=O)NC1CCCCC1)S(C)(=O)=O. The second kappa shape index (κ2) is 11.2. The van der Waals surface area contributed by atoms with Crippen LogP contribution in [-0.4, -0.2) is 45.7 Å². The molecule has 0 unspecified atom stereocenters. The monoisotopic (exact) mass is 473 g/mol. The topological polar surface area (TPSA) is 105 Å². The number of ether oxygens (including phenoxy) is 1. The van der Waals surface area contributed by atoms with Gasteiger partial charge >= 0.3 is 0 Å². The third-order valence-corrected chi connectivity index (χ3v) is 6.63. The third kappa shape index (κ3) is 6.71. The summed E-state index contributed by atoms with van der Waals surface area (Å²) in [6.45, 7) is 1.69. The average Bonchev–Trinajstić information content (AvgIpc) is 2.78. The van der Waals surface area contributed by atoms with Crippen LogP contribution in [0.2, 0.25) is 0 Å². The number of nitrogens with zero attached hydrogens (tertiary/aromatic N) is 1. The van der Waals surface area contributed by atoms with Gasteiger partial charge in [0.15, 0.2) is 0 Å². The van der Waals surface area contributed by atoms with Gasteiger partial charge in [-0.3, -0.25) is 13.9 Å². The zero-order chi connectivity index (χ0) is 23.8. The first-order valence-corrected chi connectivity index (χ1v) is 13.0. The van der Waals surface area contributed by atoms with Crippen molar-refractivity contribution in [1.82, 2.24) is 5.32 Å². The molecule has 0 radical (unpaired) electrons. The Kier molecular flexibility index (Phi) is 8.32. The Bertz CT molecular complexity index is 1080. The minimum absolute atomic E-state index is 0.130. The van der Waals surface area contributed by atoms with Crippen LogP contribution in [0.3, 0.4) is 0 Å². The Labute approximate surface area is 195 Å². The van der Waals surface area contributed by atoms with Gasteiger partial charge in [-0.25, -0.2) is 8.42 Å². The van der Waals surface area contributed by atoms with Crippen molar-refractivity contribution in [3.8, 4) is 5.75 Å². The predicted octanol–water partition coefficient (Wildman–Crippen LogP) is 3.55. The lowest BCUT2D eigenvalue weighted by molar-refractivity contribution is -0.114. The quantitative estimate of drug-likeness (QED) is 0.580. The Balaban J connectivity index is 1.77. The summed E-state index contributed by atoms with van der Waals surface area (Å²) in [6.07, 6.45) is 6.30. The summed E-state index contributed by atoms with van der Waals surface area (Å²) in [4.78, 5) is 25.7. The van der Waals surface area contributed by atoms with E-state index >= 15 is 0 Å². The van der Waals surface area contributed by atoms with Crippen molar-refractivity contribution in [2.75, 3.05) is 29.0 Å². The highest BCUT2D eigenvalue weighted by Gasteiger charge is 2.25. The summed E-state index contributed by atoms with van der Waals surface area (Å²) >= 11 is 0. The lowest BCUT2D eigenvalue weighted by Crippen LogP contribution is -2.39. The van der Waals surface area contributed by atoms with Gasteiger partial charge in [0.2, 0.25) is 15.9 Å². The molecule has 178 valence electrons. The van der Waals surface area contributed by atoms with E-state index < -0.39 is 22.5 Å². The average molecular weight is 474 g/mol. The molecule has 1 aliphatic rings. The third-order valence-electron chi connectivity index (χ3n) is 5.51. The van der Waals surface area contributed by atoms with Crippen molar-refractivity contribution in [3.63, 3.8) is 0 Å². The van der Waals surface area contributed by atoms with Gasteiger partial charge in [-0.05, 0) is 44.0 Å². The number of rotatable bonds is 9. The van der Waals surface area contributed by atoms with Crippen LogP contribution in [0.15, 0.2) is 48.5 Å². The number of amides is 2. The molecule has 9 heteroatoms. The van der Waals surface area contributed by atoms with Gasteiger partial charge in [0.25, 0.3) is 5.91 Å². The Morgan fingerprint density at radius 1 is 1.03 bits per heavy atom. The van der Waals surface area contributed by atoms with Gasteiger partial charge in [0, 0.05) is 6.04 Å². The standard InChI is InChI=1S/C24H31N3O5S/c1-3-32-22-16-10-9-15-21(22)27(33(2,30)31)17-23(28)26-20-14-8-7-13-19(20)24(29)25-18-11-5-4-6-12-18/h7-10,13-16,18H,3-6,11-12,17H2,1-2H3,(H,25,29)(H,26,28). The lowest BCUT2D eigenvalue weighted by atomic mass is 9.95. The van der Waals surface area contributed by atoms with Crippen molar-refractivity contribution >= 4 is 33.2 Å². The molecule has 8 nitrogen and oxygen atoms in total. The molecule has 3 rings (SSSR count). The number of nitrogens with one attached hydrogen (secondary N) is 2. The molecule has 33 heavy (non-hydrogen) atoms. The molecule has 0 atom stereocenters. The second-order valence-electron chi connectivity index (χ2n) is 8.07. The van der Waals surface area contributed by atoms with Gasteiger partial charge in [-0.2, -0.15) is 0 Å². The molecule has 2 amide bonds. The van der Waals surface area contributed by atoms with E-state index in [0.29, 0.717) is 23.6 Å². The number of carbonyl (C=O) groups is 2. The second-order valence-corrected chi connectivity index (χ2v) is 9.98. The molecule has 0 aliphatic heterocycles. The van der Waals surface area contributed by atoms with Crippen LogP contribution in [0.1, 0.15) is 49.4 Å². The number of anilines is 2. The maximum absolute atomic E-state index is 12.9. The number of hydrogen-bond acceptors (Lipinski definition) is 5. The maximum Gasteiger partial charge on any atom is 0.253 e. The van der Waals surface area contributed by atoms with E-state index in [1.54, 1.807) is 55.5 Å². The first kappa shape index (κ1) is 24.6. The molecule has 0 saturated heterocycles. The minimum atomic E-state index is -3.78. The van der Waals surface area contributed by atoms with Gasteiger partial charge in [-0.15, -0.1) is 0 Å². The van der Waals surface area contributed by atoms with Crippen LogP contribution < -0.4 is 19.7 Å². The van der Waals surface area contributed by atoms with Gasteiger partial charge < -0.3 is 15.4 Å². The predicted molar refractivity (Wildman–Crippen MR) is 129 cm³/mol. The van der Waals surface area contributed by atoms with Gasteiger partial charge in [-0.1, -0.05) is 43.5 Å². The molecule has 0 heterocycles. The normalized spacial score (nSPS) is 14.4. The number of sulfonamides is 1. The highest BCUT2D eigenvalue weighted by Crippen LogP contribution is 2.30. The fourth-order valence-corrected chi connectivity index (χ4v) is 4.80. The molecule has 0 bridgehead atoms. The maximum atomic E-state index is 12.9. The van der Waals surface area contributed by atoms with E-state index in [9.17, 15) is 18.0 Å². The molecule has 0 aromatic heterocycles. The van der Waals surface area contributed by atoms with E-state index in [1.807, 2.05) is 0 Å². The Hall–Kier alpha value is -3.07. The number of para-hydroxylation sites is 3. The van der Waals surface area contributed by atoms with Crippen LogP contribution in [0.5, 0.6) is 5.75 Å². The van der Waals surface area contributed by atoms with Crippen LogP contribution in [0.25, 0.3) is 0 Å². The lowest BCUT2D eigenvalue weighted by Gasteiger charge is -2.25. The largest absolute Gasteiger partial charge is 0.492 e. The molecule has 0 spiro atoms. The summed E-state index contributed by atoms with van der Waals surface area (Å²) < 4.78 is 31.5. The van der Waals surface area contributed by atoms with Gasteiger partial charge in [0.1, 0.15) is 12.3 Å². The molecule has 1 fully saturated rings. The van der Waals surface area contributed by atoms with Crippen molar-refractivity contribution in [2.24, 2.45) is 0 Å². The van der Waals surface area contributed by atoms with E-state index in [1.165, 1.54) is 6.42 Å². The van der Waals surface area contributed by atoms with E-state index in [4.69, 9.17) is 4.74 Å². The van der Waals surface area contributed by atoms with Crippen molar-refractivity contribution in [1.29, 1.82) is 0 Å². The summed E-state index contributed by atoms with van der Waals surface area (Å²) in [5.41, 5.74) is 0.958. The van der Waals surface area contributed by atoms with Crippen LogP contribution in [-0.2, 0) is 14.8 Å². The van der Waals surface area contributed by atoms with Crippen molar-refractivity contribution in [3.05, 3.63) is 54.1 Å². The van der Waals surface area contributed by atoms with E-state index in [0.717, 1.165) is 36.2 Å². The first-order chi connectivity index (χ1) is 15.8. The minimum Gasteiger partial charge on any atom is -0.492 e. The highest BCUT2D eigenvalue weighted by atomic mass is 32.2. The fourth-order valence-electron chi connectivity index (χ4n) is 3.94. The van der Waals surface area contributed by atoms with Crippen LogP contribution >= 0.6 is 0 Å². The Morgan fingerprint density at radius 3 is 2.39 bits per heavy atom. The fraction of sp³-hybridized carbons (Fsp3) is 0.417. The molecular weight excluding hydrogens is 442 g/mol. The number of benzene rings is 2. The number of carbonyl (C=O) groups excluding carboxylic acids is 2. The first-order valence-electron chi connectivity index (χ1n) is 11.2. The zero-order valence-electron chi connectivity index (χ0n) is 19.0. The molecule has 1 saturated carbocycles. The van der Waals surface area contributed by atoms with E-state index in [2.05, 4.69) is 10.6 Å². The Morgan fingerprint density at radius 2 is 1.70 bits per heavy atom.